The summed E-state index contributed by atoms with van der Waals surface area (Å²) in [5.74, 6) is -0.542. The Morgan fingerprint density at radius 2 is 1.70 bits per heavy atom. The number of hydrogen-bond donors (Lipinski definition) is 0. The zero-order valence-corrected chi connectivity index (χ0v) is 14.6. The van der Waals surface area contributed by atoms with Crippen LogP contribution < -0.4 is 9.47 Å². The third-order valence-corrected chi connectivity index (χ3v) is 3.82. The second-order valence-electron chi connectivity index (χ2n) is 5.07. The molecule has 1 heterocycles. The van der Waals surface area contributed by atoms with E-state index in [4.69, 9.17) is 32.7 Å². The minimum Gasteiger partial charge on any atom is -0.616 e. The Bertz CT molecular complexity index is 767. The molecule has 1 aromatic heterocycles. The van der Waals surface area contributed by atoms with Gasteiger partial charge in [0.15, 0.2) is 11.3 Å². The van der Waals surface area contributed by atoms with Crippen molar-refractivity contribution < 1.29 is 19.0 Å². The fourth-order valence-electron chi connectivity index (χ4n) is 2.21. The minimum atomic E-state index is -0.751. The third kappa shape index (κ3) is 3.35. The Hall–Kier alpha value is -1.98. The van der Waals surface area contributed by atoms with E-state index in [-0.39, 0.29) is 16.5 Å². The Balaban J connectivity index is 2.66. The molecule has 0 radical (unpaired) electrons. The van der Waals surface area contributed by atoms with Crippen LogP contribution in [0.2, 0.25) is 10.0 Å². The maximum absolute atomic E-state index is 12.4. The number of methoxy groups -OCH3 is 1. The molecule has 122 valence electrons. The minimum absolute atomic E-state index is 0.0840. The SMILES string of the molecule is COC(=O)c1c(Cl)cc(C)[n+]([O-])c1Oc1c(C)cc(Cl)cc1C. The molecule has 0 atom stereocenters. The summed E-state index contributed by atoms with van der Waals surface area (Å²) in [5, 5.41) is 13.0. The van der Waals surface area contributed by atoms with E-state index in [1.807, 2.05) is 0 Å². The summed E-state index contributed by atoms with van der Waals surface area (Å²) in [6.45, 7) is 5.14. The van der Waals surface area contributed by atoms with E-state index < -0.39 is 5.97 Å². The second kappa shape index (κ2) is 6.64. The summed E-state index contributed by atoms with van der Waals surface area (Å²) >= 11 is 12.1. The van der Waals surface area contributed by atoms with Gasteiger partial charge in [-0.05, 0) is 37.1 Å². The van der Waals surface area contributed by atoms with Crippen LogP contribution in [0.25, 0.3) is 0 Å². The molecule has 0 aliphatic rings. The van der Waals surface area contributed by atoms with Crippen molar-refractivity contribution in [2.75, 3.05) is 7.11 Å². The quantitative estimate of drug-likeness (QED) is 0.471. The zero-order valence-electron chi connectivity index (χ0n) is 13.1. The molecule has 0 unspecified atom stereocenters. The number of carbonyl (C=O) groups is 1. The van der Waals surface area contributed by atoms with Gasteiger partial charge in [-0.2, -0.15) is 0 Å². The van der Waals surface area contributed by atoms with Crippen LogP contribution in [-0.4, -0.2) is 13.1 Å². The summed E-state index contributed by atoms with van der Waals surface area (Å²) in [7, 11) is 1.20. The molecule has 0 amide bonds. The van der Waals surface area contributed by atoms with Gasteiger partial charge in [-0.3, -0.25) is 0 Å². The molecule has 0 N–H and O–H groups in total. The van der Waals surface area contributed by atoms with E-state index in [0.717, 1.165) is 11.1 Å². The molecule has 2 rings (SSSR count). The van der Waals surface area contributed by atoms with Crippen LogP contribution in [0.4, 0.5) is 0 Å². The highest BCUT2D eigenvalue weighted by Crippen LogP contribution is 2.34. The van der Waals surface area contributed by atoms with Gasteiger partial charge in [0.25, 0.3) is 0 Å². The lowest BCUT2D eigenvalue weighted by Gasteiger charge is -2.15. The number of esters is 1. The number of nitrogens with zero attached hydrogens (tertiary/aromatic N) is 1. The fourth-order valence-corrected chi connectivity index (χ4v) is 2.86. The molecular weight excluding hydrogens is 341 g/mol. The monoisotopic (exact) mass is 355 g/mol. The predicted octanol–water partition coefficient (Wildman–Crippen LogP) is 4.13. The smallest absolute Gasteiger partial charge is 0.401 e. The number of pyridine rings is 1. The Kier molecular flexibility index (Phi) is 5.02. The highest BCUT2D eigenvalue weighted by atomic mass is 35.5. The second-order valence-corrected chi connectivity index (χ2v) is 5.91. The number of carbonyl (C=O) groups excluding carboxylic acids is 1. The lowest BCUT2D eigenvalue weighted by Crippen LogP contribution is -2.34. The number of rotatable bonds is 3. The van der Waals surface area contributed by atoms with Crippen LogP contribution in [0.1, 0.15) is 27.2 Å². The maximum atomic E-state index is 12.4. The van der Waals surface area contributed by atoms with Gasteiger partial charge in [0.2, 0.25) is 0 Å². The molecule has 0 aliphatic carbocycles. The Labute approximate surface area is 143 Å². The first-order valence-electron chi connectivity index (χ1n) is 6.71. The van der Waals surface area contributed by atoms with Crippen molar-refractivity contribution in [3.05, 3.63) is 55.8 Å². The van der Waals surface area contributed by atoms with Gasteiger partial charge < -0.3 is 14.7 Å². The lowest BCUT2D eigenvalue weighted by atomic mass is 10.1. The third-order valence-electron chi connectivity index (χ3n) is 3.31. The first kappa shape index (κ1) is 17.4. The van der Waals surface area contributed by atoms with Crippen LogP contribution in [0, 0.1) is 26.0 Å². The van der Waals surface area contributed by atoms with Gasteiger partial charge in [0.1, 0.15) is 5.75 Å². The average molecular weight is 356 g/mol. The highest BCUT2D eigenvalue weighted by Gasteiger charge is 2.29. The van der Waals surface area contributed by atoms with Crippen LogP contribution in [0.15, 0.2) is 18.2 Å². The number of hydrogen-bond acceptors (Lipinski definition) is 4. The highest BCUT2D eigenvalue weighted by molar-refractivity contribution is 6.33. The van der Waals surface area contributed by atoms with Crippen molar-refractivity contribution in [3.8, 4) is 11.6 Å². The molecule has 7 heteroatoms. The number of halogens is 2. The van der Waals surface area contributed by atoms with Gasteiger partial charge in [0, 0.05) is 18.0 Å². The summed E-state index contributed by atoms with van der Waals surface area (Å²) in [6, 6.07) is 4.79. The van der Waals surface area contributed by atoms with Crippen LogP contribution in [0.5, 0.6) is 11.6 Å². The van der Waals surface area contributed by atoms with E-state index in [0.29, 0.717) is 21.2 Å². The number of aromatic nitrogens is 1. The van der Waals surface area contributed by atoms with E-state index in [1.54, 1.807) is 32.9 Å². The van der Waals surface area contributed by atoms with Crippen LogP contribution in [0.3, 0.4) is 0 Å². The summed E-state index contributed by atoms with van der Waals surface area (Å²) < 4.78 is 10.9. The van der Waals surface area contributed by atoms with E-state index in [1.165, 1.54) is 13.2 Å². The van der Waals surface area contributed by atoms with Gasteiger partial charge in [-0.15, -0.1) is 4.73 Å². The van der Waals surface area contributed by atoms with Gasteiger partial charge in [0.05, 0.1) is 12.1 Å². The molecule has 0 fully saturated rings. The molecule has 0 bridgehead atoms. The van der Waals surface area contributed by atoms with Crippen LogP contribution in [-0.2, 0) is 4.74 Å². The van der Waals surface area contributed by atoms with E-state index >= 15 is 0 Å². The van der Waals surface area contributed by atoms with Crippen molar-refractivity contribution in [3.63, 3.8) is 0 Å². The van der Waals surface area contributed by atoms with Crippen molar-refractivity contribution in [1.29, 1.82) is 0 Å². The molecule has 0 saturated heterocycles. The summed E-state index contributed by atoms with van der Waals surface area (Å²) in [6.07, 6.45) is 0. The average Bonchev–Trinajstić information content (AvgIpc) is 2.46. The summed E-state index contributed by atoms with van der Waals surface area (Å²) in [4.78, 5) is 12.0. The molecule has 0 spiro atoms. The van der Waals surface area contributed by atoms with Crippen molar-refractivity contribution in [2.45, 2.75) is 20.8 Å². The molecule has 0 saturated carbocycles. The molecule has 2 aromatic rings. The number of aryl methyl sites for hydroxylation is 3. The molecule has 1 aromatic carbocycles. The first-order valence-corrected chi connectivity index (χ1v) is 7.47. The van der Waals surface area contributed by atoms with Gasteiger partial charge >= 0.3 is 11.8 Å². The standard InChI is InChI=1S/C16H15Cl2NO4/c1-8-5-11(17)6-9(2)14(8)23-15-13(16(20)22-4)12(18)7-10(3)19(15)21/h5-7H,1-4H3. The number of benzene rings is 1. The van der Waals surface area contributed by atoms with E-state index in [9.17, 15) is 10.0 Å². The topological polar surface area (TPSA) is 62.5 Å². The summed E-state index contributed by atoms with van der Waals surface area (Å²) in [5.41, 5.74) is 1.62. The maximum Gasteiger partial charge on any atom is 0.401 e. The largest absolute Gasteiger partial charge is 0.616 e. The van der Waals surface area contributed by atoms with Crippen LogP contribution >= 0.6 is 23.2 Å². The Morgan fingerprint density at radius 1 is 1.13 bits per heavy atom. The molecule has 0 aliphatic heterocycles. The van der Waals surface area contributed by atoms with Gasteiger partial charge in [-0.25, -0.2) is 4.79 Å². The predicted molar refractivity (Wildman–Crippen MR) is 87.5 cm³/mol. The van der Waals surface area contributed by atoms with Crippen molar-refractivity contribution >= 4 is 29.2 Å². The number of ether oxygens (including phenoxy) is 2. The molecule has 5 nitrogen and oxygen atoms in total. The van der Waals surface area contributed by atoms with E-state index in [2.05, 4.69) is 0 Å². The Morgan fingerprint density at radius 3 is 2.22 bits per heavy atom. The molecular formula is C16H15Cl2NO4. The zero-order chi connectivity index (χ0) is 17.3. The first-order chi connectivity index (χ1) is 10.8. The van der Waals surface area contributed by atoms with Gasteiger partial charge in [-0.1, -0.05) is 23.2 Å². The normalized spacial score (nSPS) is 10.5. The fraction of sp³-hybridized carbons (Fsp3) is 0.250. The van der Waals surface area contributed by atoms with Crippen molar-refractivity contribution in [1.82, 2.24) is 0 Å². The molecule has 23 heavy (non-hydrogen) atoms. The van der Waals surface area contributed by atoms with Crippen molar-refractivity contribution in [2.24, 2.45) is 0 Å². The lowest BCUT2D eigenvalue weighted by molar-refractivity contribution is -0.618.